The lowest BCUT2D eigenvalue weighted by atomic mass is 9.98. The molecule has 1 amide bonds. The van der Waals surface area contributed by atoms with Crippen LogP contribution in [0.1, 0.15) is 33.1 Å². The third kappa shape index (κ3) is 3.32. The molecule has 1 aliphatic heterocycles. The number of fused-ring (bicyclic) bond motifs is 3. The van der Waals surface area contributed by atoms with Crippen molar-refractivity contribution in [2.45, 2.75) is 50.4 Å². The number of aromatic nitrogens is 4. The van der Waals surface area contributed by atoms with Gasteiger partial charge in [-0.15, -0.1) is 10.2 Å². The Hall–Kier alpha value is -1.67. The summed E-state index contributed by atoms with van der Waals surface area (Å²) in [5, 5.41) is 10.0. The van der Waals surface area contributed by atoms with Gasteiger partial charge in [0.15, 0.2) is 5.65 Å². The zero-order valence-electron chi connectivity index (χ0n) is 14.7. The Kier molecular flexibility index (Phi) is 4.88. The Labute approximate surface area is 164 Å². The second-order valence-corrected chi connectivity index (χ2v) is 8.68. The number of carbonyl (C=O) groups excluding carboxylic acids is 1. The molecule has 3 heterocycles. The summed E-state index contributed by atoms with van der Waals surface area (Å²) in [6, 6.07) is 6.57. The highest BCUT2D eigenvalue weighted by Crippen LogP contribution is 2.27. The number of amides is 1. The first-order valence-corrected chi connectivity index (χ1v) is 10.6. The van der Waals surface area contributed by atoms with Gasteiger partial charge in [-0.3, -0.25) is 4.79 Å². The van der Waals surface area contributed by atoms with Gasteiger partial charge in [0, 0.05) is 27.5 Å². The summed E-state index contributed by atoms with van der Waals surface area (Å²) < 4.78 is 0.988. The zero-order valence-corrected chi connectivity index (χ0v) is 17.1. The van der Waals surface area contributed by atoms with E-state index < -0.39 is 0 Å². The van der Waals surface area contributed by atoms with Gasteiger partial charge in [-0.05, 0) is 51.3 Å². The molecule has 8 heteroatoms. The van der Waals surface area contributed by atoms with Crippen LogP contribution in [-0.4, -0.2) is 48.8 Å². The predicted octanol–water partition coefficient (Wildman–Crippen LogP) is 4.15. The van der Waals surface area contributed by atoms with Crippen molar-refractivity contribution < 1.29 is 4.79 Å². The summed E-state index contributed by atoms with van der Waals surface area (Å²) >= 11 is 4.83. The molecule has 1 fully saturated rings. The van der Waals surface area contributed by atoms with Crippen molar-refractivity contribution in [1.29, 1.82) is 0 Å². The van der Waals surface area contributed by atoms with Gasteiger partial charge in [-0.1, -0.05) is 27.7 Å². The molecule has 6 nitrogen and oxygen atoms in total. The van der Waals surface area contributed by atoms with Gasteiger partial charge < -0.3 is 9.88 Å². The lowest BCUT2D eigenvalue weighted by molar-refractivity contribution is -0.134. The summed E-state index contributed by atoms with van der Waals surface area (Å²) in [6.07, 6.45) is 3.35. The molecule has 1 aliphatic rings. The molecule has 2 aromatic heterocycles. The minimum atomic E-state index is 0.152. The SMILES string of the molecule is C[C@@H]1CCC[C@H](C)N1C(=O)CSc1nnc2c(n1)[nH]c1ccc(Br)cc12. The largest absolute Gasteiger partial charge is 0.338 e. The molecule has 136 valence electrons. The highest BCUT2D eigenvalue weighted by molar-refractivity contribution is 9.10. The molecule has 0 unspecified atom stereocenters. The minimum absolute atomic E-state index is 0.152. The van der Waals surface area contributed by atoms with Crippen molar-refractivity contribution in [2.75, 3.05) is 5.75 Å². The van der Waals surface area contributed by atoms with E-state index in [1.54, 1.807) is 0 Å². The van der Waals surface area contributed by atoms with Crippen molar-refractivity contribution in [1.82, 2.24) is 25.1 Å². The van der Waals surface area contributed by atoms with Crippen LogP contribution >= 0.6 is 27.7 Å². The minimum Gasteiger partial charge on any atom is -0.338 e. The second kappa shape index (κ2) is 7.15. The number of benzene rings is 1. The van der Waals surface area contributed by atoms with Crippen molar-refractivity contribution in [2.24, 2.45) is 0 Å². The van der Waals surface area contributed by atoms with Gasteiger partial charge in [-0.25, -0.2) is 4.98 Å². The molecule has 26 heavy (non-hydrogen) atoms. The molecule has 0 saturated carbocycles. The monoisotopic (exact) mass is 433 g/mol. The number of H-pyrrole nitrogens is 1. The normalized spacial score (nSPS) is 20.8. The van der Waals surface area contributed by atoms with Crippen LogP contribution in [0.5, 0.6) is 0 Å². The molecule has 1 N–H and O–H groups in total. The number of aromatic amines is 1. The summed E-state index contributed by atoms with van der Waals surface area (Å²) in [6.45, 7) is 4.26. The maximum atomic E-state index is 12.7. The number of hydrogen-bond donors (Lipinski definition) is 1. The Bertz CT molecular complexity index is 965. The van der Waals surface area contributed by atoms with Crippen LogP contribution in [0.3, 0.4) is 0 Å². The number of rotatable bonds is 3. The van der Waals surface area contributed by atoms with Crippen LogP contribution < -0.4 is 0 Å². The summed E-state index contributed by atoms with van der Waals surface area (Å²) in [5.74, 6) is 0.493. The molecular formula is C18H20BrN5OS. The van der Waals surface area contributed by atoms with Gasteiger partial charge >= 0.3 is 0 Å². The quantitative estimate of drug-likeness (QED) is 0.627. The maximum absolute atomic E-state index is 12.7. The second-order valence-electron chi connectivity index (χ2n) is 6.83. The first-order chi connectivity index (χ1) is 12.5. The molecule has 0 radical (unpaired) electrons. The van der Waals surface area contributed by atoms with Crippen LogP contribution in [0.4, 0.5) is 0 Å². The van der Waals surface area contributed by atoms with E-state index in [-0.39, 0.29) is 5.91 Å². The molecule has 3 aromatic rings. The Morgan fingerprint density at radius 3 is 2.85 bits per heavy atom. The lowest BCUT2D eigenvalue weighted by Gasteiger charge is -2.39. The molecule has 1 aromatic carbocycles. The fraction of sp³-hybridized carbons (Fsp3) is 0.444. The summed E-state index contributed by atoms with van der Waals surface area (Å²) in [4.78, 5) is 22.5. The first-order valence-electron chi connectivity index (χ1n) is 8.78. The molecule has 0 aliphatic carbocycles. The predicted molar refractivity (Wildman–Crippen MR) is 107 cm³/mol. The lowest BCUT2D eigenvalue weighted by Crippen LogP contribution is -2.48. The van der Waals surface area contributed by atoms with Crippen molar-refractivity contribution in [3.63, 3.8) is 0 Å². The fourth-order valence-corrected chi connectivity index (χ4v) is 4.72. The van der Waals surface area contributed by atoms with Crippen molar-refractivity contribution in [3.05, 3.63) is 22.7 Å². The van der Waals surface area contributed by atoms with Crippen LogP contribution in [0, 0.1) is 0 Å². The smallest absolute Gasteiger partial charge is 0.233 e. The average Bonchev–Trinajstić information content (AvgIpc) is 2.97. The topological polar surface area (TPSA) is 74.8 Å². The number of likely N-dealkylation sites (tertiary alicyclic amines) is 1. The van der Waals surface area contributed by atoms with Crippen LogP contribution in [0.15, 0.2) is 27.8 Å². The Balaban J connectivity index is 1.52. The zero-order chi connectivity index (χ0) is 18.3. The first kappa shape index (κ1) is 17.7. The third-order valence-electron chi connectivity index (χ3n) is 4.96. The van der Waals surface area contributed by atoms with Gasteiger partial charge in [0.05, 0.1) is 5.75 Å². The van der Waals surface area contributed by atoms with E-state index in [4.69, 9.17) is 0 Å². The fourth-order valence-electron chi connectivity index (χ4n) is 3.70. The van der Waals surface area contributed by atoms with Gasteiger partial charge in [0.25, 0.3) is 0 Å². The standard InChI is InChI=1S/C18H20BrN5OS/c1-10-4-3-5-11(2)24(10)15(25)9-26-18-21-17-16(22-23-18)13-8-12(19)6-7-14(13)20-17/h6-8,10-11H,3-5,9H2,1-2H3,(H,20,21,23)/t10-,11+. The molecule has 0 bridgehead atoms. The third-order valence-corrected chi connectivity index (χ3v) is 6.28. The number of nitrogens with zero attached hydrogens (tertiary/aromatic N) is 4. The Morgan fingerprint density at radius 2 is 2.08 bits per heavy atom. The molecular weight excluding hydrogens is 414 g/mol. The van der Waals surface area contributed by atoms with Gasteiger partial charge in [0.1, 0.15) is 5.52 Å². The number of piperidine rings is 1. The number of thioether (sulfide) groups is 1. The molecule has 0 spiro atoms. The van der Waals surface area contributed by atoms with Crippen molar-refractivity contribution in [3.8, 4) is 0 Å². The maximum Gasteiger partial charge on any atom is 0.233 e. The number of nitrogens with one attached hydrogen (secondary N) is 1. The van der Waals surface area contributed by atoms with E-state index in [0.717, 1.165) is 33.7 Å². The van der Waals surface area contributed by atoms with E-state index in [1.165, 1.54) is 18.2 Å². The summed E-state index contributed by atoms with van der Waals surface area (Å²) in [5.41, 5.74) is 2.41. The van der Waals surface area contributed by atoms with Crippen LogP contribution in [-0.2, 0) is 4.79 Å². The molecule has 1 saturated heterocycles. The average molecular weight is 434 g/mol. The highest BCUT2D eigenvalue weighted by Gasteiger charge is 2.28. The molecule has 2 atom stereocenters. The van der Waals surface area contributed by atoms with Crippen molar-refractivity contribution >= 4 is 55.7 Å². The number of hydrogen-bond acceptors (Lipinski definition) is 5. The summed E-state index contributed by atoms with van der Waals surface area (Å²) in [7, 11) is 0. The highest BCUT2D eigenvalue weighted by atomic mass is 79.9. The van der Waals surface area contributed by atoms with E-state index in [1.807, 2.05) is 23.1 Å². The number of halogens is 1. The van der Waals surface area contributed by atoms with E-state index in [9.17, 15) is 4.79 Å². The van der Waals surface area contributed by atoms with Crippen LogP contribution in [0.2, 0.25) is 0 Å². The van der Waals surface area contributed by atoms with E-state index in [2.05, 4.69) is 49.9 Å². The van der Waals surface area contributed by atoms with E-state index in [0.29, 0.717) is 28.6 Å². The van der Waals surface area contributed by atoms with Crippen LogP contribution in [0.25, 0.3) is 22.1 Å². The molecule has 4 rings (SSSR count). The Morgan fingerprint density at radius 1 is 1.31 bits per heavy atom. The van der Waals surface area contributed by atoms with E-state index >= 15 is 0 Å². The number of carbonyl (C=O) groups is 1. The van der Waals surface area contributed by atoms with Gasteiger partial charge in [-0.2, -0.15) is 0 Å². The van der Waals surface area contributed by atoms with Gasteiger partial charge in [0.2, 0.25) is 11.1 Å².